The van der Waals surface area contributed by atoms with Crippen LogP contribution in [0.3, 0.4) is 0 Å². The van der Waals surface area contributed by atoms with Crippen molar-refractivity contribution in [3.8, 4) is 0 Å². The topological polar surface area (TPSA) is 128 Å². The molecule has 0 aliphatic heterocycles. The minimum atomic E-state index is -4.62. The maximum atomic E-state index is 14.7. The van der Waals surface area contributed by atoms with E-state index in [0.717, 1.165) is 6.07 Å². The van der Waals surface area contributed by atoms with Crippen molar-refractivity contribution in [2.75, 3.05) is 0 Å². The van der Waals surface area contributed by atoms with Crippen LogP contribution in [0.25, 0.3) is 10.9 Å². The summed E-state index contributed by atoms with van der Waals surface area (Å²) in [7, 11) is 0. The van der Waals surface area contributed by atoms with Crippen molar-refractivity contribution in [3.05, 3.63) is 94.8 Å². The van der Waals surface area contributed by atoms with Crippen molar-refractivity contribution in [2.24, 2.45) is 11.8 Å². The number of hydrogen-bond acceptors (Lipinski definition) is 5. The Morgan fingerprint density at radius 3 is 2.34 bits per heavy atom. The summed E-state index contributed by atoms with van der Waals surface area (Å²) in [5.41, 5.74) is -1.38. The molecular weight excluding hydrogens is 711 g/mol. The van der Waals surface area contributed by atoms with Gasteiger partial charge in [0.1, 0.15) is 23.2 Å². The largest absolute Gasteiger partial charge is 0.467 e. The first kappa shape index (κ1) is 39.5. The molecule has 2 unspecified atom stereocenters. The third-order valence-corrected chi connectivity index (χ3v) is 10.7. The number of amides is 3. The summed E-state index contributed by atoms with van der Waals surface area (Å²) in [6.45, 7) is 7.79. The zero-order chi connectivity index (χ0) is 38.5. The number of H-pyrrole nitrogens is 1. The first-order chi connectivity index (χ1) is 25.2. The van der Waals surface area contributed by atoms with E-state index < -0.39 is 58.8 Å². The Balaban J connectivity index is 1.49. The zero-order valence-corrected chi connectivity index (χ0v) is 30.9. The summed E-state index contributed by atoms with van der Waals surface area (Å²) in [5.74, 6) is -2.25. The third-order valence-electron chi connectivity index (χ3n) is 10.3. The van der Waals surface area contributed by atoms with Gasteiger partial charge in [0.25, 0.3) is 0 Å². The number of fused-ring (bicyclic) bond motifs is 3. The summed E-state index contributed by atoms with van der Waals surface area (Å²) in [6, 6.07) is 11.5. The Bertz CT molecular complexity index is 1950. The molecule has 2 heterocycles. The summed E-state index contributed by atoms with van der Waals surface area (Å²) < 4.78 is 62.0. The molecule has 0 saturated heterocycles. The number of furan rings is 1. The van der Waals surface area contributed by atoms with Crippen molar-refractivity contribution in [3.63, 3.8) is 0 Å². The number of nitrogens with one attached hydrogen (secondary N) is 5. The van der Waals surface area contributed by atoms with Crippen molar-refractivity contribution < 1.29 is 36.4 Å². The van der Waals surface area contributed by atoms with Crippen LogP contribution in [0.4, 0.5) is 17.6 Å². The van der Waals surface area contributed by atoms with Gasteiger partial charge in [0.05, 0.1) is 41.3 Å². The van der Waals surface area contributed by atoms with Gasteiger partial charge in [-0.15, -0.1) is 0 Å². The predicted octanol–water partition coefficient (Wildman–Crippen LogP) is 6.68. The average Bonchev–Trinajstić information content (AvgIpc) is 3.79. The van der Waals surface area contributed by atoms with Crippen LogP contribution >= 0.6 is 12.2 Å². The Labute approximate surface area is 311 Å². The fourth-order valence-electron chi connectivity index (χ4n) is 6.80. The van der Waals surface area contributed by atoms with Crippen LogP contribution in [0.2, 0.25) is 0 Å². The molecule has 0 saturated carbocycles. The number of thiocarbonyl (C=S) groups is 1. The molecule has 5 atom stereocenters. The third kappa shape index (κ3) is 8.91. The number of aromatic amines is 1. The van der Waals surface area contributed by atoms with E-state index in [2.05, 4.69) is 26.3 Å². The molecule has 5 N–H and O–H groups in total. The summed E-state index contributed by atoms with van der Waals surface area (Å²) >= 11 is 5.76. The molecule has 0 spiro atoms. The number of para-hydroxylation sites is 1. The Hall–Kier alpha value is -4.72. The van der Waals surface area contributed by atoms with E-state index in [1.54, 1.807) is 31.2 Å². The van der Waals surface area contributed by atoms with Crippen LogP contribution in [-0.2, 0) is 46.4 Å². The van der Waals surface area contributed by atoms with E-state index in [1.165, 1.54) is 30.5 Å². The van der Waals surface area contributed by atoms with E-state index in [0.29, 0.717) is 40.2 Å². The molecule has 0 radical (unpaired) electrons. The van der Waals surface area contributed by atoms with Crippen LogP contribution in [0.5, 0.6) is 0 Å². The second kappa shape index (κ2) is 16.5. The smallest absolute Gasteiger partial charge is 0.418 e. The SMILES string of the molecule is CCC(C)[C@H](NC(=O)Cc1ccccc1F)C(=O)N[C@]1(C(=O)N[C@H](C(=S)NCc2ccco2)C(C)CC)CCc2[nH]c3c(C(F)(F)F)cccc3c2C1. The van der Waals surface area contributed by atoms with E-state index in [4.69, 9.17) is 16.6 Å². The first-order valence-corrected chi connectivity index (χ1v) is 18.2. The van der Waals surface area contributed by atoms with Crippen LogP contribution in [0, 0.1) is 17.7 Å². The highest BCUT2D eigenvalue weighted by Crippen LogP contribution is 2.40. The molecule has 53 heavy (non-hydrogen) atoms. The Kier molecular flexibility index (Phi) is 12.3. The lowest BCUT2D eigenvalue weighted by atomic mass is 9.78. The fraction of sp³-hybridized carbons (Fsp3) is 0.436. The van der Waals surface area contributed by atoms with Crippen molar-refractivity contribution >= 4 is 45.8 Å². The van der Waals surface area contributed by atoms with Crippen molar-refractivity contribution in [1.82, 2.24) is 26.3 Å². The van der Waals surface area contributed by atoms with Crippen LogP contribution in [0.1, 0.15) is 75.1 Å². The molecule has 1 aliphatic rings. The number of rotatable bonds is 14. The maximum Gasteiger partial charge on any atom is 0.418 e. The number of aromatic nitrogens is 1. The normalized spacial score (nSPS) is 18.0. The maximum absolute atomic E-state index is 14.7. The van der Waals surface area contributed by atoms with E-state index in [1.807, 2.05) is 20.8 Å². The second-order valence-corrected chi connectivity index (χ2v) is 14.3. The number of aryl methyl sites for hydroxylation is 1. The molecule has 2 aromatic heterocycles. The van der Waals surface area contributed by atoms with Gasteiger partial charge in [0.15, 0.2) is 0 Å². The lowest BCUT2D eigenvalue weighted by molar-refractivity contribution is -0.137. The van der Waals surface area contributed by atoms with Crippen molar-refractivity contribution in [1.29, 1.82) is 0 Å². The molecule has 3 amide bonds. The highest BCUT2D eigenvalue weighted by molar-refractivity contribution is 7.80. The number of benzene rings is 2. The van der Waals surface area contributed by atoms with E-state index in [9.17, 15) is 31.9 Å². The molecule has 1 aliphatic carbocycles. The number of carbonyl (C=O) groups excluding carboxylic acids is 3. The van der Waals surface area contributed by atoms with Gasteiger partial charge >= 0.3 is 6.18 Å². The van der Waals surface area contributed by atoms with E-state index >= 15 is 0 Å². The van der Waals surface area contributed by atoms with Gasteiger partial charge in [-0.1, -0.05) is 83.1 Å². The average molecular weight is 756 g/mol. The quantitative estimate of drug-likeness (QED) is 0.0722. The number of halogens is 4. The standard InChI is InChI=1S/C39H45F4N5O4S/c1-5-22(3)32(46-31(49)19-24-11-7-8-15-29(24)40)35(50)48-38(37(51)47-33(23(4)6-2)36(53)44-21-25-12-10-18-52-25)17-16-30-27(20-38)26-13-9-14-28(34(26)45-30)39(41,42)43/h7-15,18,22-23,32-33,45H,5-6,16-17,19-21H2,1-4H3,(H,44,53)(H,46,49)(H,47,51)(H,48,50)/t22?,23?,32-,33-,38+/m0/s1. The van der Waals surface area contributed by atoms with Gasteiger partial charge in [-0.3, -0.25) is 14.4 Å². The van der Waals surface area contributed by atoms with Gasteiger partial charge in [-0.25, -0.2) is 4.39 Å². The minimum absolute atomic E-state index is 0.0436. The predicted molar refractivity (Wildman–Crippen MR) is 197 cm³/mol. The summed E-state index contributed by atoms with van der Waals surface area (Å²) in [5, 5.41) is 12.2. The molecule has 14 heteroatoms. The number of hydrogen-bond donors (Lipinski definition) is 5. The first-order valence-electron chi connectivity index (χ1n) is 17.8. The molecule has 9 nitrogen and oxygen atoms in total. The monoisotopic (exact) mass is 755 g/mol. The molecule has 4 aromatic rings. The summed E-state index contributed by atoms with van der Waals surface area (Å²) in [6.07, 6.45) is -2.20. The van der Waals surface area contributed by atoms with Gasteiger partial charge in [0.2, 0.25) is 17.7 Å². The highest BCUT2D eigenvalue weighted by atomic mass is 32.1. The molecule has 284 valence electrons. The Morgan fingerprint density at radius 2 is 1.68 bits per heavy atom. The van der Waals surface area contributed by atoms with Crippen LogP contribution in [-0.4, -0.2) is 45.3 Å². The fourth-order valence-corrected chi connectivity index (χ4v) is 7.16. The van der Waals surface area contributed by atoms with Crippen LogP contribution in [0.15, 0.2) is 65.3 Å². The molecule has 2 aromatic carbocycles. The van der Waals surface area contributed by atoms with Gasteiger partial charge in [-0.2, -0.15) is 13.2 Å². The highest BCUT2D eigenvalue weighted by Gasteiger charge is 2.47. The number of carbonyl (C=O) groups is 3. The van der Waals surface area contributed by atoms with Crippen molar-refractivity contribution in [2.45, 2.75) is 96.6 Å². The molecule has 5 rings (SSSR count). The second-order valence-electron chi connectivity index (χ2n) is 13.9. The van der Waals surface area contributed by atoms with Gasteiger partial charge in [0, 0.05) is 17.5 Å². The lowest BCUT2D eigenvalue weighted by Gasteiger charge is -2.40. The lowest BCUT2D eigenvalue weighted by Crippen LogP contribution is -2.67. The van der Waals surface area contributed by atoms with E-state index in [-0.39, 0.29) is 49.2 Å². The minimum Gasteiger partial charge on any atom is -0.467 e. The van der Waals surface area contributed by atoms with Gasteiger partial charge < -0.3 is 30.7 Å². The molecule has 0 bridgehead atoms. The van der Waals surface area contributed by atoms with Gasteiger partial charge in [-0.05, 0) is 60.1 Å². The van der Waals surface area contributed by atoms with Crippen LogP contribution < -0.4 is 21.3 Å². The number of alkyl halides is 3. The summed E-state index contributed by atoms with van der Waals surface area (Å²) in [4.78, 5) is 45.6. The Morgan fingerprint density at radius 1 is 0.962 bits per heavy atom. The zero-order valence-electron chi connectivity index (χ0n) is 30.1. The molecular formula is C39H45F4N5O4S. The molecule has 0 fully saturated rings.